The molecule has 148 valence electrons. The number of carbonyl (C=O) groups excluding carboxylic acids is 1. The molecule has 2 aromatic rings. The molecule has 1 heterocycles. The van der Waals surface area contributed by atoms with Crippen molar-refractivity contribution in [2.75, 3.05) is 31.6 Å². The van der Waals surface area contributed by atoms with E-state index in [1.807, 2.05) is 0 Å². The van der Waals surface area contributed by atoms with E-state index in [2.05, 4.69) is 5.32 Å². The fraction of sp³-hybridized carbons (Fsp3) is 0.211. The van der Waals surface area contributed by atoms with Crippen LogP contribution in [-0.2, 0) is 19.6 Å². The van der Waals surface area contributed by atoms with E-state index < -0.39 is 10.0 Å². The van der Waals surface area contributed by atoms with E-state index in [1.165, 1.54) is 22.5 Å². The van der Waals surface area contributed by atoms with Crippen molar-refractivity contribution in [1.82, 2.24) is 4.31 Å². The molecule has 0 atom stereocenters. The van der Waals surface area contributed by atoms with Crippen LogP contribution in [0.5, 0.6) is 0 Å². The molecule has 1 saturated heterocycles. The second-order valence-electron chi connectivity index (χ2n) is 6.07. The van der Waals surface area contributed by atoms with Crippen molar-refractivity contribution in [2.45, 2.75) is 4.90 Å². The number of sulfonamides is 1. The number of benzene rings is 2. The highest BCUT2D eigenvalue weighted by Crippen LogP contribution is 2.22. The summed E-state index contributed by atoms with van der Waals surface area (Å²) in [7, 11) is -3.53. The molecule has 2 aromatic carbocycles. The van der Waals surface area contributed by atoms with Crippen molar-refractivity contribution < 1.29 is 17.9 Å². The van der Waals surface area contributed by atoms with E-state index in [1.54, 1.807) is 36.4 Å². The van der Waals surface area contributed by atoms with Gasteiger partial charge in [0, 0.05) is 34.9 Å². The number of anilines is 1. The minimum Gasteiger partial charge on any atom is -0.379 e. The SMILES string of the molecule is O=C(/C=C/c1ccc(S(=O)(=O)N2CCOCC2)cc1)Nc1cc(Cl)cc(Cl)c1. The molecule has 1 amide bonds. The lowest BCUT2D eigenvalue weighted by Gasteiger charge is -2.26. The van der Waals surface area contributed by atoms with Crippen LogP contribution in [0.3, 0.4) is 0 Å². The van der Waals surface area contributed by atoms with Crippen LogP contribution in [0.2, 0.25) is 10.0 Å². The van der Waals surface area contributed by atoms with Gasteiger partial charge in [0.15, 0.2) is 0 Å². The van der Waals surface area contributed by atoms with Gasteiger partial charge in [-0.05, 0) is 42.0 Å². The highest BCUT2D eigenvalue weighted by Gasteiger charge is 2.25. The Hall–Kier alpha value is -1.90. The Bertz CT molecular complexity index is 965. The van der Waals surface area contributed by atoms with Crippen molar-refractivity contribution in [3.8, 4) is 0 Å². The topological polar surface area (TPSA) is 75.7 Å². The highest BCUT2D eigenvalue weighted by molar-refractivity contribution is 7.89. The van der Waals surface area contributed by atoms with Crippen LogP contribution in [0.4, 0.5) is 5.69 Å². The number of rotatable bonds is 5. The van der Waals surface area contributed by atoms with Crippen LogP contribution in [0.1, 0.15) is 5.56 Å². The maximum atomic E-state index is 12.6. The van der Waals surface area contributed by atoms with Crippen LogP contribution < -0.4 is 5.32 Å². The zero-order chi connectivity index (χ0) is 20.1. The van der Waals surface area contributed by atoms with E-state index in [-0.39, 0.29) is 10.8 Å². The molecule has 1 N–H and O–H groups in total. The third-order valence-corrected chi connectivity index (χ3v) is 6.39. The molecule has 0 spiro atoms. The Labute approximate surface area is 173 Å². The second kappa shape index (κ2) is 9.07. The average molecular weight is 441 g/mol. The van der Waals surface area contributed by atoms with Gasteiger partial charge >= 0.3 is 0 Å². The Morgan fingerprint density at radius 1 is 1.04 bits per heavy atom. The molecule has 0 bridgehead atoms. The van der Waals surface area contributed by atoms with Crippen LogP contribution >= 0.6 is 23.2 Å². The minimum atomic E-state index is -3.53. The summed E-state index contributed by atoms with van der Waals surface area (Å²) in [5, 5.41) is 3.50. The van der Waals surface area contributed by atoms with Crippen LogP contribution in [-0.4, -0.2) is 44.9 Å². The van der Waals surface area contributed by atoms with Crippen LogP contribution in [0.15, 0.2) is 53.4 Å². The summed E-state index contributed by atoms with van der Waals surface area (Å²) in [5.41, 5.74) is 1.18. The highest BCUT2D eigenvalue weighted by atomic mass is 35.5. The van der Waals surface area contributed by atoms with Crippen molar-refractivity contribution in [2.24, 2.45) is 0 Å². The Balaban J connectivity index is 1.65. The first kappa shape index (κ1) is 20.8. The van der Waals surface area contributed by atoms with Gasteiger partial charge in [0.25, 0.3) is 0 Å². The lowest BCUT2D eigenvalue weighted by molar-refractivity contribution is -0.111. The molecular formula is C19H18Cl2N2O4S. The summed E-state index contributed by atoms with van der Waals surface area (Å²) < 4.78 is 31.8. The summed E-state index contributed by atoms with van der Waals surface area (Å²) in [6.45, 7) is 1.48. The first-order valence-corrected chi connectivity index (χ1v) is 10.7. The van der Waals surface area contributed by atoms with Crippen molar-refractivity contribution in [3.05, 3.63) is 64.1 Å². The monoisotopic (exact) mass is 440 g/mol. The molecule has 28 heavy (non-hydrogen) atoms. The summed E-state index contributed by atoms with van der Waals surface area (Å²) in [5.74, 6) is -0.358. The fourth-order valence-electron chi connectivity index (χ4n) is 2.67. The van der Waals surface area contributed by atoms with Crippen LogP contribution in [0.25, 0.3) is 6.08 Å². The molecule has 3 rings (SSSR count). The first-order chi connectivity index (χ1) is 13.3. The summed E-state index contributed by atoms with van der Waals surface area (Å²) in [6.07, 6.45) is 2.94. The minimum absolute atomic E-state index is 0.213. The molecule has 0 saturated carbocycles. The zero-order valence-electron chi connectivity index (χ0n) is 14.8. The molecule has 0 aliphatic carbocycles. The average Bonchev–Trinajstić information content (AvgIpc) is 2.66. The predicted octanol–water partition coefficient (Wildman–Crippen LogP) is 3.67. The molecular weight excluding hydrogens is 423 g/mol. The largest absolute Gasteiger partial charge is 0.379 e. The van der Waals surface area contributed by atoms with Crippen molar-refractivity contribution >= 4 is 50.9 Å². The van der Waals surface area contributed by atoms with Gasteiger partial charge in [0.05, 0.1) is 18.1 Å². The van der Waals surface area contributed by atoms with Gasteiger partial charge in [0.1, 0.15) is 0 Å². The van der Waals surface area contributed by atoms with E-state index in [4.69, 9.17) is 27.9 Å². The number of carbonyl (C=O) groups is 1. The quantitative estimate of drug-likeness (QED) is 0.719. The number of nitrogens with zero attached hydrogens (tertiary/aromatic N) is 1. The molecule has 1 aliphatic heterocycles. The number of hydrogen-bond donors (Lipinski definition) is 1. The maximum absolute atomic E-state index is 12.6. The lowest BCUT2D eigenvalue weighted by atomic mass is 10.2. The molecule has 0 radical (unpaired) electrons. The van der Waals surface area contributed by atoms with Gasteiger partial charge in [-0.1, -0.05) is 35.3 Å². The number of halogens is 2. The first-order valence-electron chi connectivity index (χ1n) is 8.48. The van der Waals surface area contributed by atoms with Gasteiger partial charge < -0.3 is 10.1 Å². The Morgan fingerprint density at radius 2 is 1.64 bits per heavy atom. The van der Waals surface area contributed by atoms with Gasteiger partial charge in [-0.25, -0.2) is 8.42 Å². The van der Waals surface area contributed by atoms with E-state index >= 15 is 0 Å². The van der Waals surface area contributed by atoms with E-state index in [0.29, 0.717) is 47.6 Å². The van der Waals surface area contributed by atoms with Crippen molar-refractivity contribution in [3.63, 3.8) is 0 Å². The third-order valence-electron chi connectivity index (χ3n) is 4.05. The summed E-state index contributed by atoms with van der Waals surface area (Å²) in [6, 6.07) is 11.1. The molecule has 9 heteroatoms. The Morgan fingerprint density at radius 3 is 2.25 bits per heavy atom. The smallest absolute Gasteiger partial charge is 0.248 e. The zero-order valence-corrected chi connectivity index (χ0v) is 17.1. The third kappa shape index (κ3) is 5.33. The second-order valence-corrected chi connectivity index (χ2v) is 8.88. The maximum Gasteiger partial charge on any atom is 0.248 e. The number of nitrogens with one attached hydrogen (secondary N) is 1. The number of hydrogen-bond acceptors (Lipinski definition) is 4. The van der Waals surface area contributed by atoms with Gasteiger partial charge in [-0.15, -0.1) is 0 Å². The standard InChI is InChI=1S/C19H18Cl2N2O4S/c20-15-11-16(21)13-17(12-15)22-19(24)6-3-14-1-4-18(5-2-14)28(25,26)23-7-9-27-10-8-23/h1-6,11-13H,7-10H2,(H,22,24)/b6-3+. The Kier molecular flexibility index (Phi) is 6.74. The fourth-order valence-corrected chi connectivity index (χ4v) is 4.60. The summed E-state index contributed by atoms with van der Waals surface area (Å²) >= 11 is 11.8. The van der Waals surface area contributed by atoms with Gasteiger partial charge in [-0.3, -0.25) is 4.79 Å². The van der Waals surface area contributed by atoms with Crippen LogP contribution in [0, 0.1) is 0 Å². The number of morpholine rings is 1. The molecule has 0 unspecified atom stereocenters. The lowest BCUT2D eigenvalue weighted by Crippen LogP contribution is -2.40. The number of ether oxygens (including phenoxy) is 1. The van der Waals surface area contributed by atoms with Gasteiger partial charge in [-0.2, -0.15) is 4.31 Å². The predicted molar refractivity (Wildman–Crippen MR) is 110 cm³/mol. The molecule has 6 nitrogen and oxygen atoms in total. The summed E-state index contributed by atoms with van der Waals surface area (Å²) in [4.78, 5) is 12.3. The molecule has 1 aliphatic rings. The number of amides is 1. The normalized spacial score (nSPS) is 15.6. The molecule has 0 aromatic heterocycles. The van der Waals surface area contributed by atoms with E-state index in [9.17, 15) is 13.2 Å². The van der Waals surface area contributed by atoms with E-state index in [0.717, 1.165) is 0 Å². The van der Waals surface area contributed by atoms with Crippen molar-refractivity contribution in [1.29, 1.82) is 0 Å². The molecule has 1 fully saturated rings. The van der Waals surface area contributed by atoms with Gasteiger partial charge in [0.2, 0.25) is 15.9 Å².